The third-order valence-electron chi connectivity index (χ3n) is 4.87. The topological polar surface area (TPSA) is 96.0 Å². The Bertz CT molecular complexity index is 1090. The zero-order chi connectivity index (χ0) is 21.1. The molecule has 0 saturated heterocycles. The molecule has 0 bridgehead atoms. The molecule has 0 saturated carbocycles. The number of nitrogens with one attached hydrogen (secondary N) is 3. The number of hydrogen-bond acceptors (Lipinski definition) is 5. The molecule has 1 aromatic heterocycles. The first-order chi connectivity index (χ1) is 14.5. The van der Waals surface area contributed by atoms with Crippen LogP contribution < -0.4 is 16.0 Å². The van der Waals surface area contributed by atoms with Crippen molar-refractivity contribution in [1.29, 1.82) is 0 Å². The maximum absolute atomic E-state index is 12.7. The van der Waals surface area contributed by atoms with Crippen LogP contribution in [0.4, 0.5) is 23.0 Å². The van der Waals surface area contributed by atoms with Gasteiger partial charge in [-0.2, -0.15) is 0 Å². The summed E-state index contributed by atoms with van der Waals surface area (Å²) in [7, 11) is 0. The molecule has 4 rings (SSSR count). The number of anilines is 4. The predicted octanol–water partition coefficient (Wildman–Crippen LogP) is 4.36. The van der Waals surface area contributed by atoms with Gasteiger partial charge in [-0.1, -0.05) is 0 Å². The molecule has 7 nitrogen and oxygen atoms in total. The molecule has 0 unspecified atom stereocenters. The number of aromatic nitrogens is 2. The van der Waals surface area contributed by atoms with E-state index in [0.717, 1.165) is 41.2 Å². The number of carbonyl (C=O) groups excluding carboxylic acids is 2. The lowest BCUT2D eigenvalue weighted by molar-refractivity contribution is -0.116. The minimum absolute atomic E-state index is 0.0193. The van der Waals surface area contributed by atoms with Crippen LogP contribution in [0.5, 0.6) is 0 Å². The van der Waals surface area contributed by atoms with E-state index >= 15 is 0 Å². The Kier molecular flexibility index (Phi) is 5.43. The first-order valence-electron chi connectivity index (χ1n) is 9.90. The Labute approximate surface area is 175 Å². The van der Waals surface area contributed by atoms with Crippen LogP contribution in [-0.4, -0.2) is 21.8 Å². The Balaban J connectivity index is 1.43. The summed E-state index contributed by atoms with van der Waals surface area (Å²) in [5.74, 6) is 0.374. The lowest BCUT2D eigenvalue weighted by Gasteiger charge is -2.11. The summed E-state index contributed by atoms with van der Waals surface area (Å²) >= 11 is 0. The van der Waals surface area contributed by atoms with E-state index < -0.39 is 0 Å². The molecular formula is C23H23N5O2. The fourth-order valence-electron chi connectivity index (χ4n) is 3.47. The minimum Gasteiger partial charge on any atom is -0.326 e. The highest BCUT2D eigenvalue weighted by Gasteiger charge is 2.15. The maximum Gasteiger partial charge on any atom is 0.255 e. The van der Waals surface area contributed by atoms with E-state index in [-0.39, 0.29) is 11.8 Å². The quantitative estimate of drug-likeness (QED) is 0.603. The molecule has 7 heteroatoms. The second-order valence-corrected chi connectivity index (χ2v) is 7.40. The highest BCUT2D eigenvalue weighted by atomic mass is 16.2. The molecule has 152 valence electrons. The normalized spacial score (nSPS) is 13.1. The van der Waals surface area contributed by atoms with Crippen molar-refractivity contribution in [2.24, 2.45) is 0 Å². The first-order valence-corrected chi connectivity index (χ1v) is 9.90. The van der Waals surface area contributed by atoms with Crippen LogP contribution in [0.2, 0.25) is 0 Å². The summed E-state index contributed by atoms with van der Waals surface area (Å²) in [6, 6.07) is 14.7. The van der Waals surface area contributed by atoms with Gasteiger partial charge < -0.3 is 16.0 Å². The zero-order valence-electron chi connectivity index (χ0n) is 17.0. The molecule has 0 spiro atoms. The molecule has 3 N–H and O–H groups in total. The molecular weight excluding hydrogens is 378 g/mol. The summed E-state index contributed by atoms with van der Waals surface area (Å²) < 4.78 is 0. The number of carbonyl (C=O) groups is 2. The Morgan fingerprint density at radius 1 is 0.933 bits per heavy atom. The van der Waals surface area contributed by atoms with Crippen molar-refractivity contribution in [3.8, 4) is 0 Å². The molecule has 30 heavy (non-hydrogen) atoms. The molecule has 0 radical (unpaired) electrons. The van der Waals surface area contributed by atoms with Crippen molar-refractivity contribution < 1.29 is 9.59 Å². The number of aryl methyl sites for hydroxylation is 3. The van der Waals surface area contributed by atoms with Gasteiger partial charge in [-0.05, 0) is 80.8 Å². The number of benzene rings is 2. The van der Waals surface area contributed by atoms with Gasteiger partial charge in [-0.15, -0.1) is 0 Å². The lowest BCUT2D eigenvalue weighted by Crippen LogP contribution is -2.13. The SMILES string of the molecule is Cc1cc(C)nc(Nc2ccc(NC(=O)c3ccc4c(c3)CCCC(=O)N4)cc2)n1. The first kappa shape index (κ1) is 19.6. The van der Waals surface area contributed by atoms with Crippen LogP contribution in [0.3, 0.4) is 0 Å². The third-order valence-corrected chi connectivity index (χ3v) is 4.87. The fraction of sp³-hybridized carbons (Fsp3) is 0.217. The molecule has 1 aliphatic rings. The van der Waals surface area contributed by atoms with Crippen molar-refractivity contribution in [3.05, 3.63) is 71.0 Å². The second-order valence-electron chi connectivity index (χ2n) is 7.40. The molecule has 0 aliphatic carbocycles. The minimum atomic E-state index is -0.188. The van der Waals surface area contributed by atoms with E-state index in [1.54, 1.807) is 12.1 Å². The van der Waals surface area contributed by atoms with Crippen LogP contribution in [0.1, 0.15) is 40.2 Å². The number of fused-ring (bicyclic) bond motifs is 1. The van der Waals surface area contributed by atoms with E-state index in [2.05, 4.69) is 25.9 Å². The summed E-state index contributed by atoms with van der Waals surface area (Å²) in [5.41, 5.74) is 5.66. The number of rotatable bonds is 4. The van der Waals surface area contributed by atoms with E-state index in [9.17, 15) is 9.59 Å². The largest absolute Gasteiger partial charge is 0.326 e. The molecule has 2 aromatic carbocycles. The third kappa shape index (κ3) is 4.63. The van der Waals surface area contributed by atoms with Gasteiger partial charge in [0.15, 0.2) is 0 Å². The molecule has 2 amide bonds. The van der Waals surface area contributed by atoms with Crippen molar-refractivity contribution >= 4 is 34.8 Å². The maximum atomic E-state index is 12.7. The van der Waals surface area contributed by atoms with Crippen LogP contribution in [-0.2, 0) is 11.2 Å². The second kappa shape index (κ2) is 8.32. The highest BCUT2D eigenvalue weighted by molar-refractivity contribution is 6.05. The molecule has 0 atom stereocenters. The van der Waals surface area contributed by atoms with E-state index in [0.29, 0.717) is 23.6 Å². The summed E-state index contributed by atoms with van der Waals surface area (Å²) in [6.45, 7) is 3.85. The Morgan fingerprint density at radius 3 is 2.37 bits per heavy atom. The lowest BCUT2D eigenvalue weighted by atomic mass is 10.0. The highest BCUT2D eigenvalue weighted by Crippen LogP contribution is 2.24. The van der Waals surface area contributed by atoms with Gasteiger partial charge in [0.2, 0.25) is 11.9 Å². The van der Waals surface area contributed by atoms with E-state index in [1.165, 1.54) is 0 Å². The van der Waals surface area contributed by atoms with Gasteiger partial charge in [0, 0.05) is 40.4 Å². The van der Waals surface area contributed by atoms with Crippen LogP contribution in [0, 0.1) is 13.8 Å². The van der Waals surface area contributed by atoms with Crippen molar-refractivity contribution in [3.63, 3.8) is 0 Å². The van der Waals surface area contributed by atoms with E-state index in [4.69, 9.17) is 0 Å². The predicted molar refractivity (Wildman–Crippen MR) is 117 cm³/mol. The van der Waals surface area contributed by atoms with Crippen molar-refractivity contribution in [2.45, 2.75) is 33.1 Å². The Hall–Kier alpha value is -3.74. The van der Waals surface area contributed by atoms with E-state index in [1.807, 2.05) is 50.2 Å². The van der Waals surface area contributed by atoms with Gasteiger partial charge in [0.1, 0.15) is 0 Å². The van der Waals surface area contributed by atoms with Gasteiger partial charge in [0.05, 0.1) is 0 Å². The molecule has 1 aliphatic heterocycles. The Morgan fingerprint density at radius 2 is 1.63 bits per heavy atom. The monoisotopic (exact) mass is 401 g/mol. The number of nitrogens with zero attached hydrogens (tertiary/aromatic N) is 2. The average molecular weight is 401 g/mol. The molecule has 2 heterocycles. The number of amides is 2. The van der Waals surface area contributed by atoms with Crippen LogP contribution in [0.25, 0.3) is 0 Å². The number of hydrogen-bond donors (Lipinski definition) is 3. The zero-order valence-corrected chi connectivity index (χ0v) is 17.0. The summed E-state index contributed by atoms with van der Waals surface area (Å²) in [4.78, 5) is 33.1. The van der Waals surface area contributed by atoms with Gasteiger partial charge in [-0.3, -0.25) is 9.59 Å². The van der Waals surface area contributed by atoms with Gasteiger partial charge in [0.25, 0.3) is 5.91 Å². The fourth-order valence-corrected chi connectivity index (χ4v) is 3.47. The summed E-state index contributed by atoms with van der Waals surface area (Å²) in [5, 5.41) is 8.97. The molecule has 3 aromatic rings. The van der Waals surface area contributed by atoms with Crippen molar-refractivity contribution in [2.75, 3.05) is 16.0 Å². The van der Waals surface area contributed by atoms with Crippen LogP contribution >= 0.6 is 0 Å². The van der Waals surface area contributed by atoms with Crippen molar-refractivity contribution in [1.82, 2.24) is 9.97 Å². The average Bonchev–Trinajstić information content (AvgIpc) is 2.88. The van der Waals surface area contributed by atoms with Gasteiger partial charge >= 0.3 is 0 Å². The molecule has 0 fully saturated rings. The standard InChI is InChI=1S/C23H23N5O2/c1-14-12-15(2)25-23(24-14)27-19-9-7-18(8-10-19)26-22(30)17-6-11-20-16(13-17)4-3-5-21(29)28-20/h6-13H,3-5H2,1-2H3,(H,26,30)(H,28,29)(H,24,25,27). The van der Waals surface area contributed by atoms with Gasteiger partial charge in [-0.25, -0.2) is 9.97 Å². The van der Waals surface area contributed by atoms with Crippen LogP contribution in [0.15, 0.2) is 48.5 Å². The summed E-state index contributed by atoms with van der Waals surface area (Å²) in [6.07, 6.45) is 2.06. The smallest absolute Gasteiger partial charge is 0.255 e.